The molecule has 0 aliphatic rings. The lowest BCUT2D eigenvalue weighted by Crippen LogP contribution is -2.10. The molecule has 0 saturated carbocycles. The van der Waals surface area contributed by atoms with Crippen molar-refractivity contribution >= 4 is 39.0 Å². The van der Waals surface area contributed by atoms with E-state index in [1.54, 1.807) is 0 Å². The van der Waals surface area contributed by atoms with Gasteiger partial charge in [-0.15, -0.1) is 0 Å². The number of hydrogen-bond donors (Lipinski definition) is 0. The third-order valence-electron chi connectivity index (χ3n) is 6.84. The molecule has 0 aliphatic carbocycles. The minimum absolute atomic E-state index is 0.847. The fourth-order valence-corrected chi connectivity index (χ4v) is 5.09. The second kappa shape index (κ2) is 9.34. The molecule has 0 unspecified atom stereocenters. The summed E-state index contributed by atoms with van der Waals surface area (Å²) in [4.78, 5) is 11.9. The summed E-state index contributed by atoms with van der Waals surface area (Å²) in [6, 6.07) is 48.4. The van der Waals surface area contributed by atoms with Crippen LogP contribution in [0, 0.1) is 0 Å². The number of pyridine rings is 1. The van der Waals surface area contributed by atoms with Crippen LogP contribution in [0.1, 0.15) is 0 Å². The maximum Gasteiger partial charge on any atom is 0.164 e. The number of hydrogen-bond acceptors (Lipinski definition) is 3. The van der Waals surface area contributed by atoms with Crippen molar-refractivity contribution in [3.63, 3.8) is 0 Å². The number of aromatic nitrogens is 3. The van der Waals surface area contributed by atoms with E-state index in [4.69, 9.17) is 4.98 Å². The highest BCUT2D eigenvalue weighted by molar-refractivity contribution is 5.99. The third-order valence-corrected chi connectivity index (χ3v) is 6.84. The summed E-state index contributed by atoms with van der Waals surface area (Å²) in [6.45, 7) is 0. The zero-order valence-electron chi connectivity index (χ0n) is 20.6. The smallest absolute Gasteiger partial charge is 0.164 e. The Morgan fingerprint density at radius 3 is 2.05 bits per heavy atom. The van der Waals surface area contributed by atoms with Crippen molar-refractivity contribution < 1.29 is 0 Å². The van der Waals surface area contributed by atoms with Crippen molar-refractivity contribution in [3.05, 3.63) is 146 Å². The molecule has 0 aliphatic heterocycles. The van der Waals surface area contributed by atoms with E-state index in [1.165, 1.54) is 10.8 Å². The Bertz CT molecular complexity index is 1850. The van der Waals surface area contributed by atoms with Crippen LogP contribution in [-0.2, 0) is 0 Å². The van der Waals surface area contributed by atoms with Crippen molar-refractivity contribution in [2.45, 2.75) is 0 Å². The molecular formula is C34H24N4. The molecule has 0 radical (unpaired) electrons. The summed E-state index contributed by atoms with van der Waals surface area (Å²) in [5, 5.41) is 2.42. The number of para-hydroxylation sites is 2. The minimum Gasteiger partial charge on any atom is -0.310 e. The molecular weight excluding hydrogens is 464 g/mol. The molecule has 4 nitrogen and oxygen atoms in total. The molecule has 4 heteroatoms. The molecule has 0 bridgehead atoms. The van der Waals surface area contributed by atoms with Gasteiger partial charge >= 0.3 is 0 Å². The second-order valence-corrected chi connectivity index (χ2v) is 9.17. The summed E-state index contributed by atoms with van der Waals surface area (Å²) in [6.07, 6.45) is 1.82. The van der Waals surface area contributed by atoms with Gasteiger partial charge in [0.1, 0.15) is 11.3 Å². The summed E-state index contributed by atoms with van der Waals surface area (Å²) in [7, 11) is 0. The second-order valence-electron chi connectivity index (χ2n) is 9.17. The maximum atomic E-state index is 4.98. The Hall–Kier alpha value is -5.22. The van der Waals surface area contributed by atoms with Crippen molar-refractivity contribution in [3.8, 4) is 17.1 Å². The van der Waals surface area contributed by atoms with Crippen molar-refractivity contribution in [2.75, 3.05) is 4.90 Å². The Labute approximate surface area is 221 Å². The monoisotopic (exact) mass is 488 g/mol. The summed E-state index contributed by atoms with van der Waals surface area (Å²) in [5.74, 6) is 0.868. The van der Waals surface area contributed by atoms with E-state index in [9.17, 15) is 0 Å². The van der Waals surface area contributed by atoms with Gasteiger partial charge in [0.15, 0.2) is 5.65 Å². The topological polar surface area (TPSA) is 34.0 Å². The molecule has 7 rings (SSSR count). The largest absolute Gasteiger partial charge is 0.310 e. The zero-order valence-corrected chi connectivity index (χ0v) is 20.6. The van der Waals surface area contributed by atoms with Crippen LogP contribution in [0.2, 0.25) is 0 Å². The van der Waals surface area contributed by atoms with Crippen LogP contribution in [0.5, 0.6) is 0 Å². The molecule has 2 aromatic heterocycles. The minimum atomic E-state index is 0.847. The van der Waals surface area contributed by atoms with Crippen LogP contribution < -0.4 is 4.90 Å². The first-order valence-corrected chi connectivity index (χ1v) is 12.7. The van der Waals surface area contributed by atoms with Gasteiger partial charge in [0.05, 0.1) is 5.69 Å². The van der Waals surface area contributed by atoms with Crippen molar-refractivity contribution in [2.24, 2.45) is 0 Å². The predicted molar refractivity (Wildman–Crippen MR) is 156 cm³/mol. The number of imidazole rings is 1. The highest BCUT2D eigenvalue weighted by Crippen LogP contribution is 2.39. The third kappa shape index (κ3) is 3.80. The van der Waals surface area contributed by atoms with E-state index in [2.05, 4.69) is 124 Å². The average molecular weight is 489 g/mol. The highest BCUT2D eigenvalue weighted by Gasteiger charge is 2.18. The number of rotatable bonds is 5. The standard InChI is InChI=1S/C34H24N4/c1-3-13-27(14-4-1)37(32-19-9-12-25-11-7-8-17-30(25)32)29-22-20-26(21-23-29)33-36-31-18-10-24-35-34(31)38(33)28-15-5-2-6-16-28/h1-24H. The van der Waals surface area contributed by atoms with E-state index < -0.39 is 0 Å². The number of benzene rings is 5. The molecule has 0 N–H and O–H groups in total. The lowest BCUT2D eigenvalue weighted by Gasteiger charge is -2.27. The van der Waals surface area contributed by atoms with E-state index in [0.717, 1.165) is 45.3 Å². The van der Waals surface area contributed by atoms with Gasteiger partial charge in [-0.1, -0.05) is 72.8 Å². The molecule has 7 aromatic rings. The van der Waals surface area contributed by atoms with Crippen LogP contribution in [0.3, 0.4) is 0 Å². The highest BCUT2D eigenvalue weighted by atomic mass is 15.1. The summed E-state index contributed by atoms with van der Waals surface area (Å²) in [5.41, 5.74) is 7.12. The number of fused-ring (bicyclic) bond motifs is 2. The molecule has 0 saturated heterocycles. The molecule has 0 atom stereocenters. The van der Waals surface area contributed by atoms with Gasteiger partial charge in [0.25, 0.3) is 0 Å². The van der Waals surface area contributed by atoms with E-state index in [-0.39, 0.29) is 0 Å². The van der Waals surface area contributed by atoms with Crippen molar-refractivity contribution in [1.82, 2.24) is 14.5 Å². The Morgan fingerprint density at radius 1 is 0.553 bits per heavy atom. The van der Waals surface area contributed by atoms with Crippen LogP contribution >= 0.6 is 0 Å². The fraction of sp³-hybridized carbons (Fsp3) is 0. The molecule has 180 valence electrons. The molecule has 38 heavy (non-hydrogen) atoms. The number of anilines is 3. The molecule has 0 spiro atoms. The van der Waals surface area contributed by atoms with E-state index >= 15 is 0 Å². The van der Waals surface area contributed by atoms with E-state index in [0.29, 0.717) is 0 Å². The Balaban J connectivity index is 1.38. The molecule has 2 heterocycles. The summed E-state index contributed by atoms with van der Waals surface area (Å²) < 4.78 is 2.13. The van der Waals surface area contributed by atoms with Gasteiger partial charge in [0, 0.05) is 34.2 Å². The van der Waals surface area contributed by atoms with Gasteiger partial charge in [0.2, 0.25) is 0 Å². The van der Waals surface area contributed by atoms with Gasteiger partial charge < -0.3 is 4.90 Å². The number of nitrogens with zero attached hydrogens (tertiary/aromatic N) is 4. The Morgan fingerprint density at radius 2 is 1.24 bits per heavy atom. The van der Waals surface area contributed by atoms with Crippen LogP contribution in [0.25, 0.3) is 39.0 Å². The predicted octanol–water partition coefficient (Wildman–Crippen LogP) is 8.71. The first-order chi connectivity index (χ1) is 18.9. The first kappa shape index (κ1) is 22.0. The van der Waals surface area contributed by atoms with Gasteiger partial charge in [-0.2, -0.15) is 0 Å². The zero-order chi connectivity index (χ0) is 25.3. The van der Waals surface area contributed by atoms with Crippen molar-refractivity contribution in [1.29, 1.82) is 0 Å². The maximum absolute atomic E-state index is 4.98. The van der Waals surface area contributed by atoms with Crippen LogP contribution in [-0.4, -0.2) is 14.5 Å². The lowest BCUT2D eigenvalue weighted by molar-refractivity contribution is 1.08. The summed E-state index contributed by atoms with van der Waals surface area (Å²) >= 11 is 0. The Kier molecular flexibility index (Phi) is 5.41. The quantitative estimate of drug-likeness (QED) is 0.243. The molecule has 5 aromatic carbocycles. The SMILES string of the molecule is c1ccc(N(c2ccc(-c3nc4cccnc4n3-c3ccccc3)cc2)c2cccc3ccccc23)cc1. The first-order valence-electron chi connectivity index (χ1n) is 12.7. The fourth-order valence-electron chi connectivity index (χ4n) is 5.09. The molecule has 0 amide bonds. The normalized spacial score (nSPS) is 11.2. The van der Waals surface area contributed by atoms with Gasteiger partial charge in [-0.3, -0.25) is 4.57 Å². The van der Waals surface area contributed by atoms with Crippen LogP contribution in [0.15, 0.2) is 146 Å². The van der Waals surface area contributed by atoms with Crippen LogP contribution in [0.4, 0.5) is 17.1 Å². The van der Waals surface area contributed by atoms with E-state index in [1.807, 2.05) is 36.5 Å². The van der Waals surface area contributed by atoms with Gasteiger partial charge in [-0.05, 0) is 72.1 Å². The lowest BCUT2D eigenvalue weighted by atomic mass is 10.1. The molecule has 0 fully saturated rings. The van der Waals surface area contributed by atoms with Gasteiger partial charge in [-0.25, -0.2) is 9.97 Å². The average Bonchev–Trinajstić information content (AvgIpc) is 3.39.